The summed E-state index contributed by atoms with van der Waals surface area (Å²) in [7, 11) is 0. The molecule has 0 saturated heterocycles. The van der Waals surface area contributed by atoms with Gasteiger partial charge in [-0.25, -0.2) is 9.97 Å². The summed E-state index contributed by atoms with van der Waals surface area (Å²) in [6.45, 7) is 3.86. The highest BCUT2D eigenvalue weighted by molar-refractivity contribution is 5.94. The standard InChI is InChI=1S/C21H24N4O3/c1-14(2)27-19-10-4-16(13-24-19)21(26)25-17-5-7-18(8-6-17)28-20-9-3-15(11-22)12-23-20/h3-4,9-10,12-14,17-18H,5-8H2,1-2H3,(H,25,26). The molecule has 1 fully saturated rings. The molecule has 0 aromatic carbocycles. The Hall–Kier alpha value is -3.14. The van der Waals surface area contributed by atoms with Gasteiger partial charge in [-0.1, -0.05) is 0 Å². The highest BCUT2D eigenvalue weighted by atomic mass is 16.5. The van der Waals surface area contributed by atoms with Gasteiger partial charge in [-0.2, -0.15) is 5.26 Å². The van der Waals surface area contributed by atoms with Gasteiger partial charge in [0.05, 0.1) is 17.2 Å². The molecule has 3 rings (SSSR count). The molecule has 2 aromatic heterocycles. The van der Waals surface area contributed by atoms with E-state index in [9.17, 15) is 4.79 Å². The Balaban J connectivity index is 1.45. The molecule has 1 saturated carbocycles. The Morgan fingerprint density at radius 1 is 1.11 bits per heavy atom. The SMILES string of the molecule is CC(C)Oc1ccc(C(=O)NC2CCC(Oc3ccc(C#N)cn3)CC2)cn1. The van der Waals surface area contributed by atoms with Crippen molar-refractivity contribution in [2.45, 2.75) is 57.8 Å². The first-order chi connectivity index (χ1) is 13.5. The van der Waals surface area contributed by atoms with Crippen molar-refractivity contribution in [3.05, 3.63) is 47.8 Å². The van der Waals surface area contributed by atoms with Crippen molar-refractivity contribution in [1.29, 1.82) is 5.26 Å². The minimum Gasteiger partial charge on any atom is -0.475 e. The number of hydrogen-bond acceptors (Lipinski definition) is 6. The molecule has 0 radical (unpaired) electrons. The van der Waals surface area contributed by atoms with Crippen LogP contribution in [0.15, 0.2) is 36.7 Å². The lowest BCUT2D eigenvalue weighted by molar-refractivity contribution is 0.0889. The van der Waals surface area contributed by atoms with Gasteiger partial charge in [0.15, 0.2) is 0 Å². The van der Waals surface area contributed by atoms with Crippen LogP contribution in [0.3, 0.4) is 0 Å². The predicted molar refractivity (Wildman–Crippen MR) is 103 cm³/mol. The van der Waals surface area contributed by atoms with Crippen LogP contribution in [0, 0.1) is 11.3 Å². The molecule has 1 amide bonds. The number of hydrogen-bond donors (Lipinski definition) is 1. The summed E-state index contributed by atoms with van der Waals surface area (Å²) in [5.74, 6) is 0.920. The van der Waals surface area contributed by atoms with E-state index in [0.29, 0.717) is 22.9 Å². The number of nitriles is 1. The third-order valence-corrected chi connectivity index (χ3v) is 4.52. The summed E-state index contributed by atoms with van der Waals surface area (Å²) in [6, 6.07) is 9.00. The van der Waals surface area contributed by atoms with Gasteiger partial charge in [0.25, 0.3) is 5.91 Å². The number of ether oxygens (including phenoxy) is 2. The molecular weight excluding hydrogens is 356 g/mol. The molecule has 0 spiro atoms. The van der Waals surface area contributed by atoms with E-state index in [1.807, 2.05) is 19.9 Å². The molecule has 2 heterocycles. The Morgan fingerprint density at radius 3 is 2.39 bits per heavy atom. The number of amides is 1. The van der Waals surface area contributed by atoms with Gasteiger partial charge >= 0.3 is 0 Å². The zero-order valence-electron chi connectivity index (χ0n) is 16.1. The van der Waals surface area contributed by atoms with E-state index in [4.69, 9.17) is 14.7 Å². The Bertz CT molecular complexity index is 820. The van der Waals surface area contributed by atoms with Crippen LogP contribution >= 0.6 is 0 Å². The second-order valence-corrected chi connectivity index (χ2v) is 7.11. The van der Waals surface area contributed by atoms with Gasteiger partial charge in [-0.15, -0.1) is 0 Å². The van der Waals surface area contributed by atoms with Crippen LogP contribution in [0.4, 0.5) is 0 Å². The molecule has 1 N–H and O–H groups in total. The number of rotatable bonds is 6. The van der Waals surface area contributed by atoms with E-state index in [1.165, 1.54) is 6.20 Å². The first-order valence-corrected chi connectivity index (χ1v) is 9.50. The number of aromatic nitrogens is 2. The smallest absolute Gasteiger partial charge is 0.253 e. The number of pyridine rings is 2. The van der Waals surface area contributed by atoms with Crippen molar-refractivity contribution < 1.29 is 14.3 Å². The zero-order valence-corrected chi connectivity index (χ0v) is 16.1. The van der Waals surface area contributed by atoms with E-state index in [1.54, 1.807) is 30.5 Å². The first kappa shape index (κ1) is 19.6. The molecule has 1 aliphatic rings. The molecule has 28 heavy (non-hydrogen) atoms. The highest BCUT2D eigenvalue weighted by Crippen LogP contribution is 2.23. The van der Waals surface area contributed by atoms with Gasteiger partial charge in [0.2, 0.25) is 11.8 Å². The lowest BCUT2D eigenvalue weighted by Crippen LogP contribution is -2.39. The molecule has 0 aliphatic heterocycles. The molecule has 7 nitrogen and oxygen atoms in total. The Kier molecular flexibility index (Phi) is 6.43. The normalized spacial score (nSPS) is 18.9. The van der Waals surface area contributed by atoms with Crippen LogP contribution in [0.2, 0.25) is 0 Å². The van der Waals surface area contributed by atoms with Gasteiger partial charge < -0.3 is 14.8 Å². The van der Waals surface area contributed by atoms with E-state index in [-0.39, 0.29) is 24.2 Å². The minimum absolute atomic E-state index is 0.0454. The fourth-order valence-electron chi connectivity index (χ4n) is 3.11. The molecule has 1 aliphatic carbocycles. The summed E-state index contributed by atoms with van der Waals surface area (Å²) in [5.41, 5.74) is 1.04. The van der Waals surface area contributed by atoms with Crippen molar-refractivity contribution in [3.63, 3.8) is 0 Å². The molecule has 0 atom stereocenters. The fourth-order valence-corrected chi connectivity index (χ4v) is 3.11. The third-order valence-electron chi connectivity index (χ3n) is 4.52. The summed E-state index contributed by atoms with van der Waals surface area (Å²) >= 11 is 0. The molecule has 146 valence electrons. The monoisotopic (exact) mass is 380 g/mol. The highest BCUT2D eigenvalue weighted by Gasteiger charge is 2.24. The summed E-state index contributed by atoms with van der Waals surface area (Å²) < 4.78 is 11.4. The van der Waals surface area contributed by atoms with Gasteiger partial charge in [0, 0.05) is 30.6 Å². The first-order valence-electron chi connectivity index (χ1n) is 9.50. The summed E-state index contributed by atoms with van der Waals surface area (Å²) in [6.07, 6.45) is 6.53. The molecule has 0 bridgehead atoms. The van der Waals surface area contributed by atoms with Crippen LogP contribution in [0.5, 0.6) is 11.8 Å². The summed E-state index contributed by atoms with van der Waals surface area (Å²) in [4.78, 5) is 20.7. The average molecular weight is 380 g/mol. The maximum atomic E-state index is 12.4. The topological polar surface area (TPSA) is 97.1 Å². The lowest BCUT2D eigenvalue weighted by Gasteiger charge is -2.29. The number of carbonyl (C=O) groups excluding carboxylic acids is 1. The number of nitrogens with zero attached hydrogens (tertiary/aromatic N) is 3. The van der Waals surface area contributed by atoms with Crippen LogP contribution in [0.1, 0.15) is 55.5 Å². The molecule has 2 aromatic rings. The summed E-state index contributed by atoms with van der Waals surface area (Å²) in [5, 5.41) is 11.9. The van der Waals surface area contributed by atoms with Crippen LogP contribution in [-0.4, -0.2) is 34.1 Å². The van der Waals surface area contributed by atoms with E-state index in [0.717, 1.165) is 25.7 Å². The fraction of sp³-hybridized carbons (Fsp3) is 0.429. The minimum atomic E-state index is -0.123. The van der Waals surface area contributed by atoms with Gasteiger partial charge in [-0.05, 0) is 51.7 Å². The Labute approximate surface area is 164 Å². The van der Waals surface area contributed by atoms with Crippen molar-refractivity contribution in [2.75, 3.05) is 0 Å². The predicted octanol–water partition coefficient (Wildman–Crippen LogP) is 3.26. The zero-order chi connectivity index (χ0) is 19.9. The third kappa shape index (κ3) is 5.43. The van der Waals surface area contributed by atoms with E-state index < -0.39 is 0 Å². The van der Waals surface area contributed by atoms with Crippen molar-refractivity contribution in [1.82, 2.24) is 15.3 Å². The second-order valence-electron chi connectivity index (χ2n) is 7.11. The second kappa shape index (κ2) is 9.18. The quantitative estimate of drug-likeness (QED) is 0.826. The van der Waals surface area contributed by atoms with Gasteiger partial charge in [-0.3, -0.25) is 4.79 Å². The molecule has 7 heteroatoms. The van der Waals surface area contributed by atoms with Crippen LogP contribution < -0.4 is 14.8 Å². The molecule has 0 unspecified atom stereocenters. The van der Waals surface area contributed by atoms with E-state index in [2.05, 4.69) is 15.3 Å². The number of carbonyl (C=O) groups is 1. The lowest BCUT2D eigenvalue weighted by atomic mass is 9.92. The Morgan fingerprint density at radius 2 is 1.82 bits per heavy atom. The maximum Gasteiger partial charge on any atom is 0.253 e. The largest absolute Gasteiger partial charge is 0.475 e. The van der Waals surface area contributed by atoms with Crippen molar-refractivity contribution >= 4 is 5.91 Å². The maximum absolute atomic E-state index is 12.4. The van der Waals surface area contributed by atoms with Crippen molar-refractivity contribution in [3.8, 4) is 17.8 Å². The van der Waals surface area contributed by atoms with Gasteiger partial charge in [0.1, 0.15) is 12.2 Å². The van der Waals surface area contributed by atoms with E-state index >= 15 is 0 Å². The average Bonchev–Trinajstić information content (AvgIpc) is 2.70. The van der Waals surface area contributed by atoms with Crippen LogP contribution in [-0.2, 0) is 0 Å². The van der Waals surface area contributed by atoms with Crippen molar-refractivity contribution in [2.24, 2.45) is 0 Å². The van der Waals surface area contributed by atoms with Crippen LogP contribution in [0.25, 0.3) is 0 Å². The number of nitrogens with one attached hydrogen (secondary N) is 1. The molecular formula is C21H24N4O3.